The fourth-order valence-electron chi connectivity index (χ4n) is 3.07. The van der Waals surface area contributed by atoms with E-state index in [-0.39, 0.29) is 18.4 Å². The van der Waals surface area contributed by atoms with Gasteiger partial charge in [-0.3, -0.25) is 9.59 Å². The first kappa shape index (κ1) is 15.3. The zero-order chi connectivity index (χ0) is 16.6. The highest BCUT2D eigenvalue weighted by molar-refractivity contribution is 6.08. The van der Waals surface area contributed by atoms with Gasteiger partial charge in [0.05, 0.1) is 7.11 Å². The van der Waals surface area contributed by atoms with E-state index in [0.717, 1.165) is 11.3 Å². The van der Waals surface area contributed by atoms with Crippen molar-refractivity contribution in [2.75, 3.05) is 32.1 Å². The Bertz CT molecular complexity index is 660. The smallest absolute Gasteiger partial charge is 0.327 e. The van der Waals surface area contributed by atoms with Crippen molar-refractivity contribution in [2.45, 2.75) is 18.9 Å². The van der Waals surface area contributed by atoms with Gasteiger partial charge in [0.2, 0.25) is 5.91 Å². The summed E-state index contributed by atoms with van der Waals surface area (Å²) in [5.74, 6) is 0.121. The van der Waals surface area contributed by atoms with Crippen LogP contribution in [0.2, 0.25) is 0 Å². The molecule has 0 aliphatic carbocycles. The zero-order valence-electron chi connectivity index (χ0n) is 13.2. The van der Waals surface area contributed by atoms with Gasteiger partial charge in [-0.2, -0.15) is 0 Å². The molecule has 0 saturated carbocycles. The van der Waals surface area contributed by atoms with E-state index >= 15 is 0 Å². The minimum Gasteiger partial charge on any atom is -0.497 e. The standard InChI is InChI=1S/C16H19N3O4/c1-17-10-14(20)19(16(17)22)13-7-4-8-18(15(13)21)11-5-3-6-12(9-11)23-2/h3,5-6,9,13H,4,7-8,10H2,1-2H3. The summed E-state index contributed by atoms with van der Waals surface area (Å²) in [6.07, 6.45) is 1.24. The van der Waals surface area contributed by atoms with Crippen LogP contribution in [0.5, 0.6) is 5.75 Å². The van der Waals surface area contributed by atoms with Crippen LogP contribution in [0.3, 0.4) is 0 Å². The van der Waals surface area contributed by atoms with E-state index in [0.29, 0.717) is 24.4 Å². The summed E-state index contributed by atoms with van der Waals surface area (Å²) in [5.41, 5.74) is 0.714. The zero-order valence-corrected chi connectivity index (χ0v) is 13.2. The summed E-state index contributed by atoms with van der Waals surface area (Å²) in [5, 5.41) is 0. The normalized spacial score (nSPS) is 22.1. The van der Waals surface area contributed by atoms with Gasteiger partial charge < -0.3 is 14.5 Å². The molecule has 1 atom stereocenters. The first-order valence-corrected chi connectivity index (χ1v) is 7.55. The van der Waals surface area contributed by atoms with Crippen LogP contribution in [0.15, 0.2) is 24.3 Å². The lowest BCUT2D eigenvalue weighted by Crippen LogP contribution is -2.54. The Labute approximate surface area is 134 Å². The van der Waals surface area contributed by atoms with Gasteiger partial charge >= 0.3 is 6.03 Å². The molecule has 122 valence electrons. The van der Waals surface area contributed by atoms with Crippen molar-refractivity contribution in [3.05, 3.63) is 24.3 Å². The number of carbonyl (C=O) groups excluding carboxylic acids is 3. The van der Waals surface area contributed by atoms with Crippen molar-refractivity contribution in [3.8, 4) is 5.75 Å². The maximum absolute atomic E-state index is 12.8. The Kier molecular flexibility index (Phi) is 3.94. The number of nitrogens with zero attached hydrogens (tertiary/aromatic N) is 3. The van der Waals surface area contributed by atoms with Gasteiger partial charge in [-0.05, 0) is 25.0 Å². The number of piperidine rings is 1. The molecule has 0 aromatic heterocycles. The van der Waals surface area contributed by atoms with Crippen LogP contribution >= 0.6 is 0 Å². The molecular formula is C16H19N3O4. The lowest BCUT2D eigenvalue weighted by Gasteiger charge is -2.35. The second-order valence-corrected chi connectivity index (χ2v) is 5.75. The molecule has 2 heterocycles. The largest absolute Gasteiger partial charge is 0.497 e. The topological polar surface area (TPSA) is 70.2 Å². The first-order valence-electron chi connectivity index (χ1n) is 7.55. The Hall–Kier alpha value is -2.57. The number of hydrogen-bond donors (Lipinski definition) is 0. The number of likely N-dealkylation sites (N-methyl/N-ethyl adjacent to an activating group) is 1. The summed E-state index contributed by atoms with van der Waals surface area (Å²) >= 11 is 0. The molecule has 2 saturated heterocycles. The van der Waals surface area contributed by atoms with Crippen molar-refractivity contribution < 1.29 is 19.1 Å². The number of amides is 4. The van der Waals surface area contributed by atoms with Gasteiger partial charge in [-0.25, -0.2) is 9.69 Å². The summed E-state index contributed by atoms with van der Waals surface area (Å²) < 4.78 is 5.19. The molecule has 1 aromatic carbocycles. The average Bonchev–Trinajstić information content (AvgIpc) is 2.81. The molecule has 2 aliphatic heterocycles. The van der Waals surface area contributed by atoms with E-state index in [1.165, 1.54) is 4.90 Å². The van der Waals surface area contributed by atoms with E-state index < -0.39 is 12.1 Å². The molecule has 7 heteroatoms. The number of urea groups is 1. The quantitative estimate of drug-likeness (QED) is 0.782. The predicted molar refractivity (Wildman–Crippen MR) is 83.2 cm³/mol. The van der Waals surface area contributed by atoms with Crippen LogP contribution in [0.4, 0.5) is 10.5 Å². The SMILES string of the molecule is COc1cccc(N2CCCC(N3C(=O)CN(C)C3=O)C2=O)c1. The van der Waals surface area contributed by atoms with Gasteiger partial charge in [-0.1, -0.05) is 6.07 Å². The molecule has 3 rings (SSSR count). The highest BCUT2D eigenvalue weighted by Gasteiger charge is 2.44. The van der Waals surface area contributed by atoms with Crippen molar-refractivity contribution >= 4 is 23.5 Å². The molecule has 0 bridgehead atoms. The van der Waals surface area contributed by atoms with E-state index in [9.17, 15) is 14.4 Å². The monoisotopic (exact) mass is 317 g/mol. The molecule has 1 aromatic rings. The second kappa shape index (κ2) is 5.91. The Balaban J connectivity index is 1.86. The van der Waals surface area contributed by atoms with Gasteiger partial charge in [0.25, 0.3) is 5.91 Å². The van der Waals surface area contributed by atoms with Gasteiger partial charge in [-0.15, -0.1) is 0 Å². The molecule has 0 N–H and O–H groups in total. The number of anilines is 1. The third kappa shape index (κ3) is 2.62. The Morgan fingerprint density at radius 2 is 2.00 bits per heavy atom. The fourth-order valence-corrected chi connectivity index (χ4v) is 3.07. The number of imide groups is 1. The predicted octanol–water partition coefficient (Wildman–Crippen LogP) is 1.08. The van der Waals surface area contributed by atoms with E-state index in [4.69, 9.17) is 4.74 Å². The number of ether oxygens (including phenoxy) is 1. The number of carbonyl (C=O) groups is 3. The molecule has 4 amide bonds. The molecule has 0 radical (unpaired) electrons. The Morgan fingerprint density at radius 3 is 2.65 bits per heavy atom. The molecule has 7 nitrogen and oxygen atoms in total. The highest BCUT2D eigenvalue weighted by atomic mass is 16.5. The van der Waals surface area contributed by atoms with Crippen LogP contribution in [-0.4, -0.2) is 60.9 Å². The molecule has 0 spiro atoms. The van der Waals surface area contributed by atoms with Gasteiger partial charge in [0, 0.05) is 25.3 Å². The van der Waals surface area contributed by atoms with Crippen molar-refractivity contribution in [1.82, 2.24) is 9.80 Å². The molecular weight excluding hydrogens is 298 g/mol. The minimum absolute atomic E-state index is 0.0295. The van der Waals surface area contributed by atoms with E-state index in [1.54, 1.807) is 31.2 Å². The number of benzene rings is 1. The van der Waals surface area contributed by atoms with Crippen LogP contribution in [0, 0.1) is 0 Å². The minimum atomic E-state index is -0.722. The van der Waals surface area contributed by atoms with E-state index in [2.05, 4.69) is 0 Å². The lowest BCUT2D eigenvalue weighted by atomic mass is 10.0. The third-order valence-corrected chi connectivity index (χ3v) is 4.26. The maximum atomic E-state index is 12.8. The number of hydrogen-bond acceptors (Lipinski definition) is 4. The molecule has 2 aliphatic rings. The van der Waals surface area contributed by atoms with Crippen LogP contribution in [0.1, 0.15) is 12.8 Å². The fraction of sp³-hybridized carbons (Fsp3) is 0.438. The first-order chi connectivity index (χ1) is 11.0. The van der Waals surface area contributed by atoms with Gasteiger partial charge in [0.1, 0.15) is 18.3 Å². The molecule has 2 fully saturated rings. The maximum Gasteiger partial charge on any atom is 0.327 e. The average molecular weight is 317 g/mol. The Morgan fingerprint density at radius 1 is 1.22 bits per heavy atom. The van der Waals surface area contributed by atoms with Crippen molar-refractivity contribution in [2.24, 2.45) is 0 Å². The summed E-state index contributed by atoms with van der Waals surface area (Å²) in [6, 6.07) is 6.09. The lowest BCUT2D eigenvalue weighted by molar-refractivity contribution is -0.134. The number of methoxy groups -OCH3 is 1. The summed E-state index contributed by atoms with van der Waals surface area (Å²) in [7, 11) is 3.13. The van der Waals surface area contributed by atoms with Crippen molar-refractivity contribution in [3.63, 3.8) is 0 Å². The highest BCUT2D eigenvalue weighted by Crippen LogP contribution is 2.28. The van der Waals surface area contributed by atoms with E-state index in [1.807, 2.05) is 12.1 Å². The molecule has 23 heavy (non-hydrogen) atoms. The summed E-state index contributed by atoms with van der Waals surface area (Å²) in [4.78, 5) is 41.1. The second-order valence-electron chi connectivity index (χ2n) is 5.75. The molecule has 1 unspecified atom stereocenters. The number of rotatable bonds is 3. The van der Waals surface area contributed by atoms with Crippen LogP contribution in [-0.2, 0) is 9.59 Å². The van der Waals surface area contributed by atoms with Crippen LogP contribution in [0.25, 0.3) is 0 Å². The third-order valence-electron chi connectivity index (χ3n) is 4.26. The van der Waals surface area contributed by atoms with Crippen LogP contribution < -0.4 is 9.64 Å². The van der Waals surface area contributed by atoms with Crippen molar-refractivity contribution in [1.29, 1.82) is 0 Å². The van der Waals surface area contributed by atoms with Gasteiger partial charge in [0.15, 0.2) is 0 Å². The summed E-state index contributed by atoms with van der Waals surface area (Å²) in [6.45, 7) is 0.594.